The van der Waals surface area contributed by atoms with E-state index in [0.717, 1.165) is 25.7 Å². The van der Waals surface area contributed by atoms with Crippen LogP contribution in [0.3, 0.4) is 0 Å². The summed E-state index contributed by atoms with van der Waals surface area (Å²) in [5.41, 5.74) is 6.06. The molecule has 17 heavy (non-hydrogen) atoms. The molecule has 4 nitrogen and oxygen atoms in total. The van der Waals surface area contributed by atoms with E-state index in [2.05, 4.69) is 19.2 Å². The minimum atomic E-state index is -0.265. The van der Waals surface area contributed by atoms with Crippen LogP contribution >= 0.6 is 0 Å². The molecule has 0 aromatic carbocycles. The zero-order valence-electron chi connectivity index (χ0n) is 11.2. The van der Waals surface area contributed by atoms with E-state index in [0.29, 0.717) is 12.5 Å². The van der Waals surface area contributed by atoms with E-state index < -0.39 is 0 Å². The van der Waals surface area contributed by atoms with E-state index in [1.807, 2.05) is 6.92 Å². The fourth-order valence-electron chi connectivity index (χ4n) is 2.39. The summed E-state index contributed by atoms with van der Waals surface area (Å²) in [6, 6.07) is 0.0489. The van der Waals surface area contributed by atoms with Gasteiger partial charge in [0.2, 0.25) is 5.91 Å². The number of hydrogen-bond acceptors (Lipinski definition) is 3. The molecular formula is C13H26N2O2. The first-order valence-corrected chi connectivity index (χ1v) is 6.77. The fraction of sp³-hybridized carbons (Fsp3) is 0.923. The van der Waals surface area contributed by atoms with Gasteiger partial charge in [-0.25, -0.2) is 0 Å². The highest BCUT2D eigenvalue weighted by molar-refractivity contribution is 5.81. The number of ether oxygens (including phenoxy) is 1. The maximum atomic E-state index is 11.8. The van der Waals surface area contributed by atoms with Crippen molar-refractivity contribution < 1.29 is 9.53 Å². The summed E-state index contributed by atoms with van der Waals surface area (Å²) >= 11 is 0. The van der Waals surface area contributed by atoms with Gasteiger partial charge in [0.25, 0.3) is 0 Å². The lowest BCUT2D eigenvalue weighted by atomic mass is 9.95. The van der Waals surface area contributed by atoms with Crippen LogP contribution in [-0.4, -0.2) is 30.7 Å². The standard InChI is InChI=1S/C13H26N2O2/c1-4-10(5-2)11(14)8-15-13(16)12-7-6-9(3)17-12/h9-12H,4-8,14H2,1-3H3,(H,15,16). The topological polar surface area (TPSA) is 64.3 Å². The van der Waals surface area contributed by atoms with Crippen LogP contribution in [0.2, 0.25) is 0 Å². The van der Waals surface area contributed by atoms with Crippen molar-refractivity contribution in [3.8, 4) is 0 Å². The molecule has 1 heterocycles. The molecule has 3 unspecified atom stereocenters. The van der Waals surface area contributed by atoms with Crippen molar-refractivity contribution in [1.82, 2.24) is 5.32 Å². The lowest BCUT2D eigenvalue weighted by Crippen LogP contribution is -2.45. The number of nitrogens with one attached hydrogen (secondary N) is 1. The number of hydrogen-bond donors (Lipinski definition) is 2. The van der Waals surface area contributed by atoms with Gasteiger partial charge in [-0.15, -0.1) is 0 Å². The predicted octanol–water partition coefficient (Wildman–Crippen LogP) is 1.43. The van der Waals surface area contributed by atoms with Crippen molar-refractivity contribution in [2.75, 3.05) is 6.54 Å². The summed E-state index contributed by atoms with van der Waals surface area (Å²) < 4.78 is 5.52. The smallest absolute Gasteiger partial charge is 0.249 e. The van der Waals surface area contributed by atoms with Gasteiger partial charge in [0.15, 0.2) is 0 Å². The Labute approximate surface area is 104 Å². The summed E-state index contributed by atoms with van der Waals surface area (Å²) in [6.45, 7) is 6.83. The normalized spacial score (nSPS) is 26.2. The minimum Gasteiger partial charge on any atom is -0.365 e. The lowest BCUT2D eigenvalue weighted by Gasteiger charge is -2.22. The minimum absolute atomic E-state index is 0.00393. The Morgan fingerprint density at radius 3 is 2.53 bits per heavy atom. The second-order valence-electron chi connectivity index (χ2n) is 5.00. The van der Waals surface area contributed by atoms with Gasteiger partial charge in [-0.3, -0.25) is 4.79 Å². The van der Waals surface area contributed by atoms with Gasteiger partial charge in [-0.1, -0.05) is 26.7 Å². The molecule has 1 saturated heterocycles. The maximum absolute atomic E-state index is 11.8. The first-order chi connectivity index (χ1) is 8.08. The second-order valence-corrected chi connectivity index (χ2v) is 5.00. The van der Waals surface area contributed by atoms with Gasteiger partial charge in [-0.05, 0) is 25.7 Å². The van der Waals surface area contributed by atoms with E-state index >= 15 is 0 Å². The molecule has 1 aliphatic heterocycles. The Morgan fingerprint density at radius 1 is 1.41 bits per heavy atom. The van der Waals surface area contributed by atoms with Crippen LogP contribution in [0.5, 0.6) is 0 Å². The number of amides is 1. The molecule has 0 bridgehead atoms. The summed E-state index contributed by atoms with van der Waals surface area (Å²) in [6.07, 6.45) is 3.86. The van der Waals surface area contributed by atoms with Gasteiger partial charge in [0.1, 0.15) is 6.10 Å². The largest absolute Gasteiger partial charge is 0.365 e. The van der Waals surface area contributed by atoms with Crippen molar-refractivity contribution in [3.63, 3.8) is 0 Å². The molecule has 3 N–H and O–H groups in total. The molecule has 1 aliphatic rings. The number of nitrogens with two attached hydrogens (primary N) is 1. The van der Waals surface area contributed by atoms with E-state index in [9.17, 15) is 4.79 Å². The molecule has 1 fully saturated rings. The van der Waals surface area contributed by atoms with E-state index in [4.69, 9.17) is 10.5 Å². The molecule has 0 spiro atoms. The molecule has 0 aromatic heterocycles. The van der Waals surface area contributed by atoms with Crippen LogP contribution < -0.4 is 11.1 Å². The van der Waals surface area contributed by atoms with Crippen LogP contribution in [-0.2, 0) is 9.53 Å². The van der Waals surface area contributed by atoms with Crippen molar-refractivity contribution in [2.45, 2.75) is 64.7 Å². The molecule has 0 aliphatic carbocycles. The molecule has 4 heteroatoms. The first kappa shape index (κ1) is 14.5. The summed E-state index contributed by atoms with van der Waals surface area (Å²) in [4.78, 5) is 11.8. The third kappa shape index (κ3) is 4.28. The number of carbonyl (C=O) groups excluding carboxylic acids is 1. The zero-order valence-corrected chi connectivity index (χ0v) is 11.2. The highest BCUT2D eigenvalue weighted by atomic mass is 16.5. The van der Waals surface area contributed by atoms with Gasteiger partial charge in [0.05, 0.1) is 6.10 Å². The Morgan fingerprint density at radius 2 is 2.06 bits per heavy atom. The van der Waals surface area contributed by atoms with Gasteiger partial charge in [0, 0.05) is 12.6 Å². The van der Waals surface area contributed by atoms with Gasteiger partial charge in [-0.2, -0.15) is 0 Å². The average molecular weight is 242 g/mol. The van der Waals surface area contributed by atoms with Crippen LogP contribution in [0.15, 0.2) is 0 Å². The molecule has 1 amide bonds. The van der Waals surface area contributed by atoms with Crippen molar-refractivity contribution in [3.05, 3.63) is 0 Å². The summed E-state index contributed by atoms with van der Waals surface area (Å²) in [5.74, 6) is 0.481. The molecular weight excluding hydrogens is 216 g/mol. The SMILES string of the molecule is CCC(CC)C(N)CNC(=O)C1CCC(C)O1. The maximum Gasteiger partial charge on any atom is 0.249 e. The highest BCUT2D eigenvalue weighted by Crippen LogP contribution is 2.19. The van der Waals surface area contributed by atoms with Crippen LogP contribution in [0.1, 0.15) is 46.5 Å². The average Bonchev–Trinajstić information content (AvgIpc) is 2.74. The van der Waals surface area contributed by atoms with Crippen LogP contribution in [0.4, 0.5) is 0 Å². The monoisotopic (exact) mass is 242 g/mol. The predicted molar refractivity (Wildman–Crippen MR) is 68.6 cm³/mol. The van der Waals surface area contributed by atoms with Crippen molar-refractivity contribution in [1.29, 1.82) is 0 Å². The Balaban J connectivity index is 2.27. The van der Waals surface area contributed by atoms with E-state index in [1.54, 1.807) is 0 Å². The van der Waals surface area contributed by atoms with Crippen molar-refractivity contribution in [2.24, 2.45) is 11.7 Å². The Hall–Kier alpha value is -0.610. The lowest BCUT2D eigenvalue weighted by molar-refractivity contribution is -0.131. The van der Waals surface area contributed by atoms with Gasteiger partial charge < -0.3 is 15.8 Å². The van der Waals surface area contributed by atoms with Crippen LogP contribution in [0.25, 0.3) is 0 Å². The Kier molecular flexibility index (Phi) is 5.92. The highest BCUT2D eigenvalue weighted by Gasteiger charge is 2.28. The van der Waals surface area contributed by atoms with Crippen LogP contribution in [0, 0.1) is 5.92 Å². The quantitative estimate of drug-likeness (QED) is 0.740. The third-order valence-corrected chi connectivity index (χ3v) is 3.69. The zero-order chi connectivity index (χ0) is 12.8. The van der Waals surface area contributed by atoms with Crippen molar-refractivity contribution >= 4 is 5.91 Å². The van der Waals surface area contributed by atoms with E-state index in [1.165, 1.54) is 0 Å². The second kappa shape index (κ2) is 6.97. The molecule has 100 valence electrons. The molecule has 0 saturated carbocycles. The van der Waals surface area contributed by atoms with E-state index in [-0.39, 0.29) is 24.2 Å². The van der Waals surface area contributed by atoms with Gasteiger partial charge >= 0.3 is 0 Å². The molecule has 0 aromatic rings. The first-order valence-electron chi connectivity index (χ1n) is 6.77. The Bertz CT molecular complexity index is 242. The fourth-order valence-corrected chi connectivity index (χ4v) is 2.39. The molecule has 0 radical (unpaired) electrons. The number of carbonyl (C=O) groups is 1. The molecule has 3 atom stereocenters. The third-order valence-electron chi connectivity index (χ3n) is 3.69. The molecule has 1 rings (SSSR count). The summed E-state index contributed by atoms with van der Waals surface area (Å²) in [5, 5.41) is 2.91. The summed E-state index contributed by atoms with van der Waals surface area (Å²) in [7, 11) is 0. The number of rotatable bonds is 6.